The molecule has 0 atom stereocenters. The van der Waals surface area contributed by atoms with Crippen LogP contribution in [0.5, 0.6) is 0 Å². The zero-order valence-electron chi connectivity index (χ0n) is 12.0. The molecule has 1 aromatic carbocycles. The van der Waals surface area contributed by atoms with E-state index in [9.17, 15) is 9.59 Å². The Hall–Kier alpha value is -3.35. The Bertz CT molecular complexity index is 1040. The van der Waals surface area contributed by atoms with E-state index >= 15 is 0 Å². The summed E-state index contributed by atoms with van der Waals surface area (Å²) in [4.78, 5) is 29.6. The van der Waals surface area contributed by atoms with Crippen molar-refractivity contribution in [1.82, 2.24) is 24.9 Å². The first-order valence-corrected chi connectivity index (χ1v) is 7.12. The number of rotatable bonds is 3. The highest BCUT2D eigenvalue weighted by Gasteiger charge is 2.12. The first kappa shape index (κ1) is 13.3. The Labute approximate surface area is 130 Å². The van der Waals surface area contributed by atoms with Gasteiger partial charge in [-0.1, -0.05) is 18.2 Å². The Morgan fingerprint density at radius 3 is 2.96 bits per heavy atom. The van der Waals surface area contributed by atoms with E-state index in [-0.39, 0.29) is 17.2 Å². The molecule has 4 rings (SSSR count). The molecule has 0 aliphatic heterocycles. The first-order valence-electron chi connectivity index (χ1n) is 7.12. The Balaban J connectivity index is 1.54. The van der Waals surface area contributed by atoms with Gasteiger partial charge in [0.05, 0.1) is 6.54 Å². The number of aromatic amines is 2. The molecule has 0 bridgehead atoms. The molecule has 0 unspecified atom stereocenters. The van der Waals surface area contributed by atoms with Gasteiger partial charge in [-0.2, -0.15) is 5.10 Å². The maximum absolute atomic E-state index is 12.2. The summed E-state index contributed by atoms with van der Waals surface area (Å²) in [5, 5.41) is 7.99. The van der Waals surface area contributed by atoms with Gasteiger partial charge in [0.2, 0.25) is 0 Å². The average Bonchev–Trinajstić information content (AvgIpc) is 3.17. The topological polar surface area (TPSA) is 95.0 Å². The van der Waals surface area contributed by atoms with Crippen LogP contribution in [-0.4, -0.2) is 25.5 Å². The normalized spacial score (nSPS) is 11.1. The number of nitrogens with zero attached hydrogens (tertiary/aromatic N) is 2. The zero-order chi connectivity index (χ0) is 15.8. The van der Waals surface area contributed by atoms with Crippen molar-refractivity contribution in [3.63, 3.8) is 0 Å². The van der Waals surface area contributed by atoms with E-state index in [1.807, 2.05) is 30.3 Å². The van der Waals surface area contributed by atoms with E-state index in [2.05, 4.69) is 20.4 Å². The van der Waals surface area contributed by atoms with E-state index < -0.39 is 0 Å². The fourth-order valence-electron chi connectivity index (χ4n) is 2.54. The third kappa shape index (κ3) is 2.38. The Morgan fingerprint density at radius 2 is 2.13 bits per heavy atom. The predicted octanol–water partition coefficient (Wildman–Crippen LogP) is 1.43. The summed E-state index contributed by atoms with van der Waals surface area (Å²) in [6.07, 6.45) is 3.07. The van der Waals surface area contributed by atoms with E-state index in [4.69, 9.17) is 0 Å². The van der Waals surface area contributed by atoms with Gasteiger partial charge in [-0.25, -0.2) is 4.52 Å². The molecule has 23 heavy (non-hydrogen) atoms. The molecule has 0 radical (unpaired) electrons. The van der Waals surface area contributed by atoms with E-state index in [1.165, 1.54) is 16.8 Å². The lowest BCUT2D eigenvalue weighted by Crippen LogP contribution is -2.23. The number of carbonyl (C=O) groups is 1. The van der Waals surface area contributed by atoms with Crippen molar-refractivity contribution < 1.29 is 4.79 Å². The van der Waals surface area contributed by atoms with Gasteiger partial charge in [-0.3, -0.25) is 9.59 Å². The van der Waals surface area contributed by atoms with Crippen LogP contribution in [0.4, 0.5) is 0 Å². The molecular formula is C16H13N5O2. The molecule has 3 heterocycles. The molecule has 0 saturated heterocycles. The number of H-pyrrole nitrogens is 2. The molecule has 7 nitrogen and oxygen atoms in total. The highest BCUT2D eigenvalue weighted by molar-refractivity contribution is 5.93. The minimum atomic E-state index is -0.327. The average molecular weight is 307 g/mol. The predicted molar refractivity (Wildman–Crippen MR) is 85.3 cm³/mol. The number of para-hydroxylation sites is 1. The maximum atomic E-state index is 12.2. The summed E-state index contributed by atoms with van der Waals surface area (Å²) in [7, 11) is 0. The van der Waals surface area contributed by atoms with Crippen LogP contribution in [0.3, 0.4) is 0 Å². The second-order valence-electron chi connectivity index (χ2n) is 5.21. The number of carbonyl (C=O) groups excluding carboxylic acids is 1. The van der Waals surface area contributed by atoms with Gasteiger partial charge in [0.15, 0.2) is 5.69 Å². The van der Waals surface area contributed by atoms with Crippen molar-refractivity contribution in [1.29, 1.82) is 0 Å². The minimum absolute atomic E-state index is 0.206. The molecule has 3 N–H and O–H groups in total. The van der Waals surface area contributed by atoms with Crippen LogP contribution >= 0.6 is 0 Å². The fraction of sp³-hybridized carbons (Fsp3) is 0.0625. The van der Waals surface area contributed by atoms with Crippen LogP contribution in [-0.2, 0) is 6.54 Å². The summed E-state index contributed by atoms with van der Waals surface area (Å²) in [5.41, 5.74) is 2.19. The lowest BCUT2D eigenvalue weighted by molar-refractivity contribution is 0.0945. The van der Waals surface area contributed by atoms with Crippen LogP contribution in [0.2, 0.25) is 0 Å². The van der Waals surface area contributed by atoms with Crippen molar-refractivity contribution in [2.75, 3.05) is 0 Å². The number of fused-ring (bicyclic) bond motifs is 2. The van der Waals surface area contributed by atoms with Gasteiger partial charge < -0.3 is 15.3 Å². The number of aromatic nitrogens is 4. The van der Waals surface area contributed by atoms with Crippen LogP contribution < -0.4 is 10.9 Å². The third-order valence-electron chi connectivity index (χ3n) is 3.66. The van der Waals surface area contributed by atoms with Gasteiger partial charge in [0.25, 0.3) is 11.5 Å². The van der Waals surface area contributed by atoms with Crippen LogP contribution in [0.1, 0.15) is 16.2 Å². The first-order chi connectivity index (χ1) is 11.2. The highest BCUT2D eigenvalue weighted by atomic mass is 16.2. The molecule has 114 valence electrons. The summed E-state index contributed by atoms with van der Waals surface area (Å²) in [5.74, 6) is -0.327. The van der Waals surface area contributed by atoms with Gasteiger partial charge in [0, 0.05) is 29.7 Å². The van der Waals surface area contributed by atoms with Crippen LogP contribution in [0, 0.1) is 0 Å². The second kappa shape index (κ2) is 5.13. The summed E-state index contributed by atoms with van der Waals surface area (Å²) in [6, 6.07) is 11.4. The quantitative estimate of drug-likeness (QED) is 0.534. The smallest absolute Gasteiger partial charge is 0.273 e. The van der Waals surface area contributed by atoms with Crippen LogP contribution in [0.15, 0.2) is 53.6 Å². The lowest BCUT2D eigenvalue weighted by atomic mass is 10.2. The summed E-state index contributed by atoms with van der Waals surface area (Å²) >= 11 is 0. The number of hydrogen-bond donors (Lipinski definition) is 3. The van der Waals surface area contributed by atoms with Gasteiger partial charge in [-0.15, -0.1) is 0 Å². The van der Waals surface area contributed by atoms with Crippen molar-refractivity contribution in [3.05, 3.63) is 70.5 Å². The largest absolute Gasteiger partial charge is 0.357 e. The molecule has 3 aromatic heterocycles. The van der Waals surface area contributed by atoms with Crippen molar-refractivity contribution in [3.8, 4) is 0 Å². The van der Waals surface area contributed by atoms with Crippen molar-refractivity contribution in [2.24, 2.45) is 0 Å². The number of amides is 1. The van der Waals surface area contributed by atoms with Gasteiger partial charge in [0.1, 0.15) is 5.52 Å². The molecule has 0 saturated carbocycles. The molecule has 0 aliphatic carbocycles. The Kier molecular flexibility index (Phi) is 2.97. The monoisotopic (exact) mass is 307 g/mol. The Morgan fingerprint density at radius 1 is 1.26 bits per heavy atom. The second-order valence-corrected chi connectivity index (χ2v) is 5.21. The highest BCUT2D eigenvalue weighted by Crippen LogP contribution is 2.14. The number of nitrogens with one attached hydrogen (secondary N) is 3. The zero-order valence-corrected chi connectivity index (χ0v) is 12.0. The van der Waals surface area contributed by atoms with Gasteiger partial charge in [-0.05, 0) is 17.5 Å². The number of hydrogen-bond acceptors (Lipinski definition) is 3. The van der Waals surface area contributed by atoms with E-state index in [0.29, 0.717) is 12.1 Å². The summed E-state index contributed by atoms with van der Waals surface area (Å²) in [6.45, 7) is 0.359. The van der Waals surface area contributed by atoms with Crippen molar-refractivity contribution >= 4 is 22.3 Å². The summed E-state index contributed by atoms with van der Waals surface area (Å²) < 4.78 is 1.39. The number of benzene rings is 1. The molecule has 0 aliphatic rings. The molecular weight excluding hydrogens is 294 g/mol. The molecule has 1 amide bonds. The minimum Gasteiger partial charge on any atom is -0.357 e. The lowest BCUT2D eigenvalue weighted by Gasteiger charge is -2.00. The SMILES string of the molecule is O=C(NCc1cc2ccccc2[nH]1)c1cc2c(=O)[nH]ccn2n1. The van der Waals surface area contributed by atoms with Gasteiger partial charge >= 0.3 is 0 Å². The maximum Gasteiger partial charge on any atom is 0.273 e. The third-order valence-corrected chi connectivity index (χ3v) is 3.66. The van der Waals surface area contributed by atoms with Crippen LogP contribution in [0.25, 0.3) is 16.4 Å². The van der Waals surface area contributed by atoms with E-state index in [1.54, 1.807) is 6.20 Å². The van der Waals surface area contributed by atoms with Crippen molar-refractivity contribution in [2.45, 2.75) is 6.54 Å². The standard InChI is InChI=1S/C16H13N5O2/c22-15(13-8-14-16(23)17-5-6-21(14)20-13)18-9-11-7-10-3-1-2-4-12(10)19-11/h1-8,19H,9H2,(H,17,23)(H,18,22). The molecule has 4 aromatic rings. The molecule has 7 heteroatoms. The fourth-order valence-corrected chi connectivity index (χ4v) is 2.54. The van der Waals surface area contributed by atoms with E-state index in [0.717, 1.165) is 16.6 Å². The molecule has 0 spiro atoms. The molecule has 0 fully saturated rings.